The van der Waals surface area contributed by atoms with E-state index in [2.05, 4.69) is 25.5 Å². The summed E-state index contributed by atoms with van der Waals surface area (Å²) >= 11 is 1.53. The minimum atomic E-state index is -0.623. The van der Waals surface area contributed by atoms with E-state index in [0.717, 1.165) is 28.6 Å². The summed E-state index contributed by atoms with van der Waals surface area (Å²) in [6, 6.07) is 19.2. The average molecular weight is 564 g/mol. The zero-order valence-electron chi connectivity index (χ0n) is 21.6. The molecule has 0 aliphatic heterocycles. The van der Waals surface area contributed by atoms with E-state index in [4.69, 9.17) is 0 Å². The first-order chi connectivity index (χ1) is 20.0. The van der Waals surface area contributed by atoms with Crippen LogP contribution in [0.3, 0.4) is 0 Å². The van der Waals surface area contributed by atoms with E-state index in [0.29, 0.717) is 28.7 Å². The average Bonchev–Trinajstić information content (AvgIpc) is 3.51. The van der Waals surface area contributed by atoms with Crippen molar-refractivity contribution in [2.45, 2.75) is 25.4 Å². The highest BCUT2D eigenvalue weighted by Crippen LogP contribution is 2.37. The minimum absolute atomic E-state index is 0.0386. The van der Waals surface area contributed by atoms with Gasteiger partial charge in [-0.25, -0.2) is 14.4 Å². The Morgan fingerprint density at radius 3 is 2.78 bits per heavy atom. The van der Waals surface area contributed by atoms with Gasteiger partial charge in [0.05, 0.1) is 22.3 Å². The summed E-state index contributed by atoms with van der Waals surface area (Å²) in [4.78, 5) is 36.1. The highest BCUT2D eigenvalue weighted by molar-refractivity contribution is 7.16. The summed E-state index contributed by atoms with van der Waals surface area (Å²) in [5.41, 5.74) is 4.24. The molecular formula is C30H22FN7O2S. The van der Waals surface area contributed by atoms with Crippen molar-refractivity contribution < 1.29 is 9.18 Å². The lowest BCUT2D eigenvalue weighted by Gasteiger charge is -2.13. The van der Waals surface area contributed by atoms with Crippen molar-refractivity contribution >= 4 is 33.3 Å². The Bertz CT molecular complexity index is 1990. The summed E-state index contributed by atoms with van der Waals surface area (Å²) in [7, 11) is 0. The fourth-order valence-corrected chi connectivity index (χ4v) is 5.44. The van der Waals surface area contributed by atoms with Gasteiger partial charge in [0.15, 0.2) is 5.82 Å². The number of hydrogen-bond acceptors (Lipinski definition) is 7. The Labute approximate surface area is 237 Å². The highest BCUT2D eigenvalue weighted by atomic mass is 32.1. The van der Waals surface area contributed by atoms with Crippen LogP contribution < -0.4 is 10.9 Å². The van der Waals surface area contributed by atoms with Gasteiger partial charge in [-0.2, -0.15) is 0 Å². The number of thiazole rings is 1. The van der Waals surface area contributed by atoms with Crippen molar-refractivity contribution in [1.29, 1.82) is 0 Å². The molecule has 0 radical (unpaired) electrons. The van der Waals surface area contributed by atoms with Crippen molar-refractivity contribution in [3.05, 3.63) is 112 Å². The zero-order valence-corrected chi connectivity index (χ0v) is 22.4. The predicted molar refractivity (Wildman–Crippen MR) is 154 cm³/mol. The van der Waals surface area contributed by atoms with Crippen LogP contribution in [0.4, 0.5) is 10.2 Å². The van der Waals surface area contributed by atoms with Crippen LogP contribution in [-0.4, -0.2) is 35.2 Å². The van der Waals surface area contributed by atoms with Gasteiger partial charge >= 0.3 is 0 Å². The maximum atomic E-state index is 14.5. The molecule has 1 saturated carbocycles. The van der Waals surface area contributed by atoms with Crippen LogP contribution >= 0.6 is 11.3 Å². The number of nitrogens with zero attached hydrogens (tertiary/aromatic N) is 6. The number of carbonyl (C=O) groups excluding carboxylic acids is 1. The van der Waals surface area contributed by atoms with Crippen LogP contribution in [0.25, 0.3) is 32.9 Å². The lowest BCUT2D eigenvalue weighted by Crippen LogP contribution is -2.30. The highest BCUT2D eigenvalue weighted by Gasteiger charge is 2.27. The van der Waals surface area contributed by atoms with Crippen LogP contribution in [0.15, 0.2) is 89.6 Å². The van der Waals surface area contributed by atoms with Crippen LogP contribution in [0.5, 0.6) is 0 Å². The van der Waals surface area contributed by atoms with E-state index in [-0.39, 0.29) is 17.9 Å². The quantitative estimate of drug-likeness (QED) is 0.273. The summed E-state index contributed by atoms with van der Waals surface area (Å²) in [6.07, 6.45) is 5.45. The molecule has 1 N–H and O–H groups in total. The van der Waals surface area contributed by atoms with Gasteiger partial charge in [-0.05, 0) is 60.4 Å². The minimum Gasteiger partial charge on any atom is -0.310 e. The molecule has 202 valence electrons. The molecule has 0 atom stereocenters. The molecule has 6 aromatic rings. The van der Waals surface area contributed by atoms with E-state index >= 15 is 0 Å². The van der Waals surface area contributed by atoms with Crippen molar-refractivity contribution in [1.82, 2.24) is 29.3 Å². The van der Waals surface area contributed by atoms with Crippen LogP contribution in [-0.2, 0) is 6.54 Å². The molecule has 0 unspecified atom stereocenters. The summed E-state index contributed by atoms with van der Waals surface area (Å²) in [5.74, 6) is -0.163. The Morgan fingerprint density at radius 1 is 1.05 bits per heavy atom. The molecule has 1 amide bonds. The second-order valence-electron chi connectivity index (χ2n) is 9.86. The molecular weight excluding hydrogens is 541 g/mol. The second-order valence-corrected chi connectivity index (χ2v) is 10.7. The Morgan fingerprint density at radius 2 is 1.93 bits per heavy atom. The predicted octanol–water partition coefficient (Wildman–Crippen LogP) is 5.55. The summed E-state index contributed by atoms with van der Waals surface area (Å²) in [5, 5.41) is 11.0. The molecule has 41 heavy (non-hydrogen) atoms. The van der Waals surface area contributed by atoms with Crippen molar-refractivity contribution in [2.24, 2.45) is 0 Å². The third kappa shape index (κ3) is 4.91. The van der Waals surface area contributed by atoms with Crippen molar-refractivity contribution in [3.63, 3.8) is 0 Å². The fourth-order valence-electron chi connectivity index (χ4n) is 4.78. The Hall–Kier alpha value is -5.03. The number of aromatic nitrogens is 6. The molecule has 0 saturated heterocycles. The number of pyridine rings is 2. The third-order valence-electron chi connectivity index (χ3n) is 7.03. The number of halogens is 1. The number of amides is 1. The molecule has 1 fully saturated rings. The maximum absolute atomic E-state index is 14.5. The maximum Gasteiger partial charge on any atom is 0.263 e. The molecule has 0 bridgehead atoms. The number of rotatable bonds is 7. The molecule has 7 rings (SSSR count). The molecule has 1 aliphatic carbocycles. The smallest absolute Gasteiger partial charge is 0.263 e. The standard InChI is InChI=1S/C30H22FN7O2S/c31-23-5-2-1-4-19(23)14-37-15-20(18-8-11-26-25(13-18)32-17-41-26)12-22(30(37)40)29(39)35-27-7-3-6-24(34-27)28-36-33-16-38(28)21-9-10-21/h1-8,11-13,15-17,21H,9-10,14H2,(H,34,35,39). The molecule has 9 nitrogen and oxygen atoms in total. The van der Waals surface area contributed by atoms with E-state index in [9.17, 15) is 14.0 Å². The summed E-state index contributed by atoms with van der Waals surface area (Å²) < 4.78 is 18.9. The Balaban J connectivity index is 1.27. The van der Waals surface area contributed by atoms with E-state index in [1.165, 1.54) is 22.0 Å². The first-order valence-electron chi connectivity index (χ1n) is 13.0. The normalized spacial score (nSPS) is 13.0. The van der Waals surface area contributed by atoms with Crippen LogP contribution in [0, 0.1) is 5.82 Å². The number of hydrogen-bond donors (Lipinski definition) is 1. The van der Waals surface area contributed by atoms with E-state index in [1.54, 1.807) is 60.5 Å². The molecule has 11 heteroatoms. The topological polar surface area (TPSA) is 108 Å². The second kappa shape index (κ2) is 10.2. The van der Waals surface area contributed by atoms with Crippen LogP contribution in [0.2, 0.25) is 0 Å². The molecule has 2 aromatic carbocycles. The number of nitrogens with one attached hydrogen (secondary N) is 1. The summed E-state index contributed by atoms with van der Waals surface area (Å²) in [6.45, 7) is -0.0386. The first kappa shape index (κ1) is 25.0. The zero-order chi connectivity index (χ0) is 27.9. The van der Waals surface area contributed by atoms with Gasteiger partial charge in [-0.3, -0.25) is 9.59 Å². The largest absolute Gasteiger partial charge is 0.310 e. The third-order valence-corrected chi connectivity index (χ3v) is 7.84. The van der Waals surface area contributed by atoms with Crippen molar-refractivity contribution in [3.8, 4) is 22.6 Å². The van der Waals surface area contributed by atoms with E-state index < -0.39 is 17.3 Å². The van der Waals surface area contributed by atoms with Gasteiger partial charge in [0.2, 0.25) is 0 Å². The number of anilines is 1. The molecule has 0 spiro atoms. The lowest BCUT2D eigenvalue weighted by molar-refractivity contribution is 0.102. The van der Waals surface area contributed by atoms with Crippen LogP contribution in [0.1, 0.15) is 34.8 Å². The molecule has 4 heterocycles. The number of benzene rings is 2. The van der Waals surface area contributed by atoms with Gasteiger partial charge in [0, 0.05) is 17.8 Å². The van der Waals surface area contributed by atoms with E-state index in [1.807, 2.05) is 22.8 Å². The SMILES string of the molecule is O=C(Nc1cccc(-c2nncn2C2CC2)n1)c1cc(-c2ccc3scnc3c2)cn(Cc2ccccc2F)c1=O. The molecule has 1 aliphatic rings. The van der Waals surface area contributed by atoms with Gasteiger partial charge in [-0.1, -0.05) is 30.3 Å². The van der Waals surface area contributed by atoms with Crippen molar-refractivity contribution in [2.75, 3.05) is 5.32 Å². The van der Waals surface area contributed by atoms with Gasteiger partial charge in [-0.15, -0.1) is 21.5 Å². The Kier molecular flexibility index (Phi) is 6.20. The number of fused-ring (bicyclic) bond motifs is 1. The first-order valence-corrected chi connectivity index (χ1v) is 13.9. The fraction of sp³-hybridized carbons (Fsp3) is 0.133. The van der Waals surface area contributed by atoms with Gasteiger partial charge < -0.3 is 14.5 Å². The van der Waals surface area contributed by atoms with Gasteiger partial charge in [0.25, 0.3) is 11.5 Å². The molecule has 4 aromatic heterocycles. The van der Waals surface area contributed by atoms with Gasteiger partial charge in [0.1, 0.15) is 29.2 Å². The number of carbonyl (C=O) groups is 1. The monoisotopic (exact) mass is 563 g/mol. The lowest BCUT2D eigenvalue weighted by atomic mass is 10.0.